The Labute approximate surface area is 120 Å². The van der Waals surface area contributed by atoms with E-state index in [-0.39, 0.29) is 6.10 Å². The molecule has 0 aliphatic carbocycles. The molecule has 0 radical (unpaired) electrons. The van der Waals surface area contributed by atoms with Gasteiger partial charge in [-0.2, -0.15) is 0 Å². The summed E-state index contributed by atoms with van der Waals surface area (Å²) >= 11 is 0. The molecule has 1 saturated heterocycles. The SMILES string of the molecule is Cc1ccc(C2CNC(c3ccccc3)CO2)cc1C. The van der Waals surface area contributed by atoms with E-state index in [1.165, 1.54) is 22.3 Å². The van der Waals surface area contributed by atoms with Gasteiger partial charge in [0.05, 0.1) is 18.8 Å². The molecule has 0 saturated carbocycles. The molecule has 1 aliphatic heterocycles. The third-order valence-electron chi connectivity index (χ3n) is 4.12. The van der Waals surface area contributed by atoms with Crippen LogP contribution in [0.1, 0.15) is 34.4 Å². The third kappa shape index (κ3) is 2.77. The third-order valence-corrected chi connectivity index (χ3v) is 4.12. The maximum absolute atomic E-state index is 6.06. The minimum absolute atomic E-state index is 0.161. The molecule has 2 atom stereocenters. The smallest absolute Gasteiger partial charge is 0.0950 e. The summed E-state index contributed by atoms with van der Waals surface area (Å²) in [7, 11) is 0. The van der Waals surface area contributed by atoms with E-state index >= 15 is 0 Å². The topological polar surface area (TPSA) is 21.3 Å². The number of morpholine rings is 1. The van der Waals surface area contributed by atoms with Crippen molar-refractivity contribution in [3.05, 3.63) is 70.8 Å². The number of hydrogen-bond donors (Lipinski definition) is 1. The highest BCUT2D eigenvalue weighted by atomic mass is 16.5. The highest BCUT2D eigenvalue weighted by molar-refractivity contribution is 5.31. The molecule has 1 aliphatic rings. The van der Waals surface area contributed by atoms with Gasteiger partial charge in [0, 0.05) is 6.54 Å². The highest BCUT2D eigenvalue weighted by Crippen LogP contribution is 2.26. The average molecular weight is 267 g/mol. The quantitative estimate of drug-likeness (QED) is 0.895. The molecule has 2 aromatic rings. The van der Waals surface area contributed by atoms with Crippen molar-refractivity contribution in [2.24, 2.45) is 0 Å². The maximum atomic E-state index is 6.06. The van der Waals surface area contributed by atoms with E-state index in [1.54, 1.807) is 0 Å². The normalized spacial score (nSPS) is 22.7. The molecule has 1 fully saturated rings. The van der Waals surface area contributed by atoms with Crippen LogP contribution >= 0.6 is 0 Å². The van der Waals surface area contributed by atoms with Crippen molar-refractivity contribution in [3.8, 4) is 0 Å². The van der Waals surface area contributed by atoms with Gasteiger partial charge in [0.2, 0.25) is 0 Å². The van der Waals surface area contributed by atoms with Crippen molar-refractivity contribution < 1.29 is 4.74 Å². The van der Waals surface area contributed by atoms with Crippen LogP contribution in [0.2, 0.25) is 0 Å². The van der Waals surface area contributed by atoms with E-state index in [2.05, 4.69) is 61.6 Å². The van der Waals surface area contributed by atoms with E-state index in [1.807, 2.05) is 6.07 Å². The number of rotatable bonds is 2. The summed E-state index contributed by atoms with van der Waals surface area (Å²) in [4.78, 5) is 0. The molecule has 3 rings (SSSR count). The molecule has 0 aromatic heterocycles. The summed E-state index contributed by atoms with van der Waals surface area (Å²) in [5, 5.41) is 3.59. The van der Waals surface area contributed by atoms with Crippen molar-refractivity contribution in [3.63, 3.8) is 0 Å². The van der Waals surface area contributed by atoms with Gasteiger partial charge in [-0.1, -0.05) is 48.5 Å². The van der Waals surface area contributed by atoms with Crippen LogP contribution in [0, 0.1) is 13.8 Å². The van der Waals surface area contributed by atoms with Gasteiger partial charge in [0.1, 0.15) is 0 Å². The van der Waals surface area contributed by atoms with E-state index in [0.29, 0.717) is 6.04 Å². The molecule has 1 heterocycles. The van der Waals surface area contributed by atoms with Crippen LogP contribution in [-0.2, 0) is 4.74 Å². The number of ether oxygens (including phenoxy) is 1. The van der Waals surface area contributed by atoms with Crippen LogP contribution in [0.3, 0.4) is 0 Å². The Morgan fingerprint density at radius 2 is 1.75 bits per heavy atom. The van der Waals surface area contributed by atoms with Crippen LogP contribution in [-0.4, -0.2) is 13.2 Å². The van der Waals surface area contributed by atoms with Crippen LogP contribution < -0.4 is 5.32 Å². The number of aryl methyl sites for hydroxylation is 2. The summed E-state index contributed by atoms with van der Waals surface area (Å²) < 4.78 is 6.06. The number of nitrogens with one attached hydrogen (secondary N) is 1. The molecule has 2 unspecified atom stereocenters. The largest absolute Gasteiger partial charge is 0.370 e. The lowest BCUT2D eigenvalue weighted by Crippen LogP contribution is -2.36. The molecule has 0 spiro atoms. The maximum Gasteiger partial charge on any atom is 0.0950 e. The van der Waals surface area contributed by atoms with Gasteiger partial charge < -0.3 is 10.1 Å². The molecular weight excluding hydrogens is 246 g/mol. The van der Waals surface area contributed by atoms with Crippen molar-refractivity contribution in [2.75, 3.05) is 13.2 Å². The zero-order valence-electron chi connectivity index (χ0n) is 12.1. The highest BCUT2D eigenvalue weighted by Gasteiger charge is 2.23. The Morgan fingerprint density at radius 3 is 2.40 bits per heavy atom. The molecule has 2 aromatic carbocycles. The van der Waals surface area contributed by atoms with Gasteiger partial charge in [-0.05, 0) is 36.1 Å². The summed E-state index contributed by atoms with van der Waals surface area (Å²) in [5.74, 6) is 0. The van der Waals surface area contributed by atoms with E-state index in [0.717, 1.165) is 13.2 Å². The number of benzene rings is 2. The molecule has 20 heavy (non-hydrogen) atoms. The summed E-state index contributed by atoms with van der Waals surface area (Å²) in [6.45, 7) is 5.88. The first-order chi connectivity index (χ1) is 9.74. The molecule has 2 heteroatoms. The van der Waals surface area contributed by atoms with Crippen LogP contribution in [0.15, 0.2) is 48.5 Å². The molecule has 0 amide bonds. The molecule has 0 bridgehead atoms. The minimum Gasteiger partial charge on any atom is -0.370 e. The van der Waals surface area contributed by atoms with E-state index in [9.17, 15) is 0 Å². The van der Waals surface area contributed by atoms with Crippen LogP contribution in [0.4, 0.5) is 0 Å². The predicted octanol–water partition coefficient (Wildman–Crippen LogP) is 3.71. The lowest BCUT2D eigenvalue weighted by atomic mass is 10.00. The summed E-state index contributed by atoms with van der Waals surface area (Å²) in [6.07, 6.45) is 0.161. The van der Waals surface area contributed by atoms with Gasteiger partial charge in [0.15, 0.2) is 0 Å². The van der Waals surface area contributed by atoms with Gasteiger partial charge in [-0.25, -0.2) is 0 Å². The predicted molar refractivity (Wildman–Crippen MR) is 81.8 cm³/mol. The second kappa shape index (κ2) is 5.78. The Morgan fingerprint density at radius 1 is 0.950 bits per heavy atom. The lowest BCUT2D eigenvalue weighted by Gasteiger charge is -2.31. The number of hydrogen-bond acceptors (Lipinski definition) is 2. The Bertz CT molecular complexity index is 571. The molecule has 2 nitrogen and oxygen atoms in total. The lowest BCUT2D eigenvalue weighted by molar-refractivity contribution is 0.00234. The Balaban J connectivity index is 1.68. The monoisotopic (exact) mass is 267 g/mol. The van der Waals surface area contributed by atoms with Crippen molar-refractivity contribution >= 4 is 0 Å². The van der Waals surface area contributed by atoms with Crippen molar-refractivity contribution in [1.29, 1.82) is 0 Å². The van der Waals surface area contributed by atoms with Gasteiger partial charge >= 0.3 is 0 Å². The van der Waals surface area contributed by atoms with Crippen LogP contribution in [0.25, 0.3) is 0 Å². The minimum atomic E-state index is 0.161. The van der Waals surface area contributed by atoms with Gasteiger partial charge in [-0.15, -0.1) is 0 Å². The van der Waals surface area contributed by atoms with Crippen molar-refractivity contribution in [2.45, 2.75) is 26.0 Å². The first kappa shape index (κ1) is 13.3. The second-order valence-corrected chi connectivity index (χ2v) is 5.54. The summed E-state index contributed by atoms with van der Waals surface area (Å²) in [6, 6.07) is 17.4. The molecule has 1 N–H and O–H groups in total. The van der Waals surface area contributed by atoms with Gasteiger partial charge in [-0.3, -0.25) is 0 Å². The van der Waals surface area contributed by atoms with E-state index in [4.69, 9.17) is 4.74 Å². The first-order valence-corrected chi connectivity index (χ1v) is 7.21. The van der Waals surface area contributed by atoms with Crippen LogP contribution in [0.5, 0.6) is 0 Å². The van der Waals surface area contributed by atoms with Gasteiger partial charge in [0.25, 0.3) is 0 Å². The Hall–Kier alpha value is -1.64. The summed E-state index contributed by atoms with van der Waals surface area (Å²) in [5.41, 5.74) is 5.23. The fourth-order valence-corrected chi connectivity index (χ4v) is 2.66. The fourth-order valence-electron chi connectivity index (χ4n) is 2.66. The second-order valence-electron chi connectivity index (χ2n) is 5.54. The first-order valence-electron chi connectivity index (χ1n) is 7.21. The fraction of sp³-hybridized carbons (Fsp3) is 0.333. The van der Waals surface area contributed by atoms with E-state index < -0.39 is 0 Å². The zero-order valence-corrected chi connectivity index (χ0v) is 12.1. The standard InChI is InChI=1S/C18H21NO/c1-13-8-9-16(10-14(13)2)18-11-19-17(12-20-18)15-6-4-3-5-7-15/h3-10,17-19H,11-12H2,1-2H3. The molecular formula is C18H21NO. The average Bonchev–Trinajstić information content (AvgIpc) is 2.51. The van der Waals surface area contributed by atoms with Crippen molar-refractivity contribution in [1.82, 2.24) is 5.32 Å². The molecule has 104 valence electrons. The Kier molecular flexibility index (Phi) is 3.86. The zero-order chi connectivity index (χ0) is 13.9.